The van der Waals surface area contributed by atoms with Crippen LogP contribution >= 0.6 is 17.2 Å². The standard InChI is InChI=1S/C31H44N2OP2/c1-29(2)20-24(34)21-30(3,4)36(29)26-15-14-23(18-22-10-6-5-7-11-22)19-25(26)31(35,27-12-8-16-32-27)28-13-9-17-33-28/h5-7,10-11,14-15,19,27-28,32-33H,8-9,12-13,16-18,20-21,35H2,1-4H3. The number of hydrogen-bond donors (Lipinski definition) is 2. The lowest BCUT2D eigenvalue weighted by Crippen LogP contribution is -2.55. The van der Waals surface area contributed by atoms with Crippen molar-refractivity contribution in [3.8, 4) is 0 Å². The molecule has 3 aliphatic rings. The van der Waals surface area contributed by atoms with Crippen LogP contribution in [0.5, 0.6) is 0 Å². The molecule has 3 nitrogen and oxygen atoms in total. The molecule has 36 heavy (non-hydrogen) atoms. The van der Waals surface area contributed by atoms with E-state index in [9.17, 15) is 4.79 Å². The third-order valence-electron chi connectivity index (χ3n) is 8.76. The minimum Gasteiger partial charge on any atom is -0.313 e. The van der Waals surface area contributed by atoms with Gasteiger partial charge in [-0.15, -0.1) is 9.24 Å². The van der Waals surface area contributed by atoms with Gasteiger partial charge >= 0.3 is 0 Å². The molecule has 3 atom stereocenters. The molecule has 0 aromatic heterocycles. The highest BCUT2D eigenvalue weighted by Crippen LogP contribution is 2.65. The highest BCUT2D eigenvalue weighted by atomic mass is 31.1. The topological polar surface area (TPSA) is 41.1 Å². The lowest BCUT2D eigenvalue weighted by molar-refractivity contribution is -0.120. The van der Waals surface area contributed by atoms with E-state index in [1.807, 2.05) is 0 Å². The Labute approximate surface area is 221 Å². The second-order valence-corrected chi connectivity index (χ2v) is 17.1. The number of carbonyl (C=O) groups is 1. The van der Waals surface area contributed by atoms with Gasteiger partial charge in [-0.3, -0.25) is 4.79 Å². The third kappa shape index (κ3) is 4.99. The van der Waals surface area contributed by atoms with E-state index in [2.05, 4.69) is 96.1 Å². The van der Waals surface area contributed by atoms with Gasteiger partial charge < -0.3 is 10.6 Å². The summed E-state index contributed by atoms with van der Waals surface area (Å²) in [7, 11) is 2.86. The maximum absolute atomic E-state index is 12.8. The quantitative estimate of drug-likeness (QED) is 0.466. The molecule has 3 heterocycles. The van der Waals surface area contributed by atoms with E-state index < -0.39 is 7.92 Å². The molecule has 2 N–H and O–H groups in total. The molecule has 194 valence electrons. The van der Waals surface area contributed by atoms with Gasteiger partial charge in [0.25, 0.3) is 0 Å². The summed E-state index contributed by atoms with van der Waals surface area (Å²) in [5.41, 5.74) is 4.26. The Bertz CT molecular complexity index is 1050. The zero-order valence-electron chi connectivity index (χ0n) is 22.6. The molecule has 0 bridgehead atoms. The molecule has 3 unspecified atom stereocenters. The summed E-state index contributed by atoms with van der Waals surface area (Å²) < 4.78 is 0. The van der Waals surface area contributed by atoms with Gasteiger partial charge in [0.2, 0.25) is 0 Å². The molecule has 2 aromatic carbocycles. The van der Waals surface area contributed by atoms with Crippen LogP contribution in [0.1, 0.15) is 82.9 Å². The van der Waals surface area contributed by atoms with Gasteiger partial charge in [-0.05, 0) is 77.5 Å². The van der Waals surface area contributed by atoms with Crippen LogP contribution in [0.3, 0.4) is 0 Å². The van der Waals surface area contributed by atoms with Crippen LogP contribution in [0, 0.1) is 0 Å². The number of nitrogens with one attached hydrogen (secondary N) is 2. The lowest BCUT2D eigenvalue weighted by Gasteiger charge is -2.52. The van der Waals surface area contributed by atoms with E-state index in [1.54, 1.807) is 0 Å². The molecule has 3 fully saturated rings. The fourth-order valence-electron chi connectivity index (χ4n) is 7.53. The SMILES string of the molecule is CC1(C)CC(=O)CC(C)(C)P1c1ccc(Cc2ccccc2)cc1C(P)(C1CCCN1)C1CCCN1. The maximum atomic E-state index is 12.8. The summed E-state index contributed by atoms with van der Waals surface area (Å²) in [4.78, 5) is 12.8. The van der Waals surface area contributed by atoms with Crippen molar-refractivity contribution in [1.82, 2.24) is 10.6 Å². The predicted molar refractivity (Wildman–Crippen MR) is 158 cm³/mol. The van der Waals surface area contributed by atoms with Crippen molar-refractivity contribution in [3.05, 3.63) is 65.2 Å². The maximum Gasteiger partial charge on any atom is 0.134 e. The molecule has 3 saturated heterocycles. The van der Waals surface area contributed by atoms with Crippen LogP contribution in [0.15, 0.2) is 48.5 Å². The third-order valence-corrected chi connectivity index (χ3v) is 13.5. The van der Waals surface area contributed by atoms with E-state index in [0.717, 1.165) is 19.5 Å². The normalized spacial score (nSPS) is 27.8. The number of hydrogen-bond acceptors (Lipinski definition) is 3. The molecule has 2 aromatic rings. The van der Waals surface area contributed by atoms with Gasteiger partial charge in [0, 0.05) is 30.1 Å². The molecule has 5 heteroatoms. The number of benzene rings is 2. The monoisotopic (exact) mass is 522 g/mol. The molecular weight excluding hydrogens is 478 g/mol. The highest BCUT2D eigenvalue weighted by molar-refractivity contribution is 7.69. The average Bonchev–Trinajstić information content (AvgIpc) is 3.53. The van der Waals surface area contributed by atoms with Crippen LogP contribution < -0.4 is 15.9 Å². The van der Waals surface area contributed by atoms with Gasteiger partial charge in [-0.25, -0.2) is 0 Å². The van der Waals surface area contributed by atoms with Crippen LogP contribution in [-0.2, 0) is 16.4 Å². The van der Waals surface area contributed by atoms with Crippen LogP contribution in [-0.4, -0.2) is 41.3 Å². The van der Waals surface area contributed by atoms with Gasteiger partial charge in [-0.2, -0.15) is 0 Å². The van der Waals surface area contributed by atoms with Crippen molar-refractivity contribution in [2.24, 2.45) is 0 Å². The van der Waals surface area contributed by atoms with Crippen molar-refractivity contribution in [1.29, 1.82) is 0 Å². The first-order chi connectivity index (χ1) is 17.1. The predicted octanol–water partition coefficient (Wildman–Crippen LogP) is 5.88. The van der Waals surface area contributed by atoms with E-state index in [0.29, 0.717) is 30.7 Å². The molecular formula is C31H44N2OP2. The van der Waals surface area contributed by atoms with E-state index >= 15 is 0 Å². The van der Waals surface area contributed by atoms with Gasteiger partial charge in [-0.1, -0.05) is 84.1 Å². The van der Waals surface area contributed by atoms with E-state index in [4.69, 9.17) is 0 Å². The molecule has 0 spiro atoms. The smallest absolute Gasteiger partial charge is 0.134 e. The highest BCUT2D eigenvalue weighted by Gasteiger charge is 2.52. The summed E-state index contributed by atoms with van der Waals surface area (Å²) in [5, 5.41) is 9.27. The molecule has 3 aliphatic heterocycles. The van der Waals surface area contributed by atoms with Crippen molar-refractivity contribution < 1.29 is 4.79 Å². The summed E-state index contributed by atoms with van der Waals surface area (Å²) in [6.07, 6.45) is 7.26. The largest absolute Gasteiger partial charge is 0.313 e. The van der Waals surface area contributed by atoms with Crippen molar-refractivity contribution in [2.75, 3.05) is 13.1 Å². The van der Waals surface area contributed by atoms with Gasteiger partial charge in [0.15, 0.2) is 0 Å². The average molecular weight is 523 g/mol. The number of rotatable bonds is 6. The first kappa shape index (κ1) is 26.5. The number of ketones is 1. The Balaban J connectivity index is 1.68. The fraction of sp³-hybridized carbons (Fsp3) is 0.581. The summed E-state index contributed by atoms with van der Waals surface area (Å²) in [6.45, 7) is 11.6. The summed E-state index contributed by atoms with van der Waals surface area (Å²) >= 11 is 0. The zero-order valence-corrected chi connectivity index (χ0v) is 24.6. The Morgan fingerprint density at radius 1 is 0.889 bits per heavy atom. The van der Waals surface area contributed by atoms with Gasteiger partial charge in [0.05, 0.1) is 0 Å². The molecule has 0 aliphatic carbocycles. The Morgan fingerprint density at radius 2 is 1.47 bits per heavy atom. The summed E-state index contributed by atoms with van der Waals surface area (Å²) in [6, 6.07) is 19.1. The molecule has 0 saturated carbocycles. The Morgan fingerprint density at radius 3 is 2.00 bits per heavy atom. The first-order valence-electron chi connectivity index (χ1n) is 13.9. The summed E-state index contributed by atoms with van der Waals surface area (Å²) in [5.74, 6) is 0.429. The fourth-order valence-corrected chi connectivity index (χ4v) is 12.8. The lowest BCUT2D eigenvalue weighted by atomic mass is 9.81. The van der Waals surface area contributed by atoms with Crippen molar-refractivity contribution in [3.63, 3.8) is 0 Å². The van der Waals surface area contributed by atoms with E-state index in [1.165, 1.54) is 47.7 Å². The first-order valence-corrected chi connectivity index (χ1v) is 15.8. The van der Waals surface area contributed by atoms with Crippen LogP contribution in [0.2, 0.25) is 0 Å². The van der Waals surface area contributed by atoms with E-state index in [-0.39, 0.29) is 15.5 Å². The minimum absolute atomic E-state index is 0.0123. The van der Waals surface area contributed by atoms with Crippen molar-refractivity contribution in [2.45, 2.75) is 100 Å². The number of carbonyl (C=O) groups excluding carboxylic acids is 1. The van der Waals surface area contributed by atoms with Crippen molar-refractivity contribution >= 4 is 28.2 Å². The number of Topliss-reactive ketones (excluding diaryl/α,β-unsaturated/α-hetero) is 1. The Hall–Kier alpha value is -1.11. The van der Waals surface area contributed by atoms with Crippen LogP contribution in [0.4, 0.5) is 0 Å². The zero-order chi connectivity index (χ0) is 25.6. The second-order valence-electron chi connectivity index (χ2n) is 12.6. The molecule has 0 amide bonds. The van der Waals surface area contributed by atoms with Gasteiger partial charge in [0.1, 0.15) is 5.78 Å². The molecule has 0 radical (unpaired) electrons. The second kappa shape index (κ2) is 10.2. The van der Waals surface area contributed by atoms with Crippen LogP contribution in [0.25, 0.3) is 0 Å². The Kier molecular flexibility index (Phi) is 7.52. The minimum atomic E-state index is -0.555. The molecule has 5 rings (SSSR count).